The minimum absolute atomic E-state index is 0.0289. The van der Waals surface area contributed by atoms with Crippen LogP contribution in [0.3, 0.4) is 0 Å². The molecule has 3 N–H and O–H groups in total. The van der Waals surface area contributed by atoms with Gasteiger partial charge in [-0.05, 0) is 37.3 Å². The van der Waals surface area contributed by atoms with Crippen LogP contribution in [0.4, 0.5) is 4.79 Å². The smallest absolute Gasteiger partial charge is 0.317 e. The lowest BCUT2D eigenvalue weighted by Crippen LogP contribution is -2.43. The fourth-order valence-electron chi connectivity index (χ4n) is 2.40. The monoisotopic (exact) mass is 261 g/mol. The van der Waals surface area contributed by atoms with Gasteiger partial charge in [-0.25, -0.2) is 4.79 Å². The van der Waals surface area contributed by atoms with Gasteiger partial charge in [0, 0.05) is 19.6 Å². The Labute approximate surface area is 115 Å². The highest BCUT2D eigenvalue weighted by Crippen LogP contribution is 2.15. The van der Waals surface area contributed by atoms with Crippen molar-refractivity contribution in [2.45, 2.75) is 38.8 Å². The average molecular weight is 261 g/mol. The number of hydrogen-bond acceptors (Lipinski definition) is 2. The summed E-state index contributed by atoms with van der Waals surface area (Å²) in [4.78, 5) is 14.0. The Bertz CT molecular complexity index is 410. The van der Waals surface area contributed by atoms with E-state index in [-0.39, 0.29) is 12.1 Å². The Hall–Kier alpha value is -1.55. The molecule has 2 amide bonds. The maximum atomic E-state index is 12.1. The van der Waals surface area contributed by atoms with Crippen LogP contribution in [-0.2, 0) is 6.54 Å². The molecular weight excluding hydrogens is 238 g/mol. The van der Waals surface area contributed by atoms with Gasteiger partial charge in [-0.1, -0.05) is 24.3 Å². The van der Waals surface area contributed by atoms with Gasteiger partial charge < -0.3 is 16.0 Å². The van der Waals surface area contributed by atoms with Crippen LogP contribution in [0.15, 0.2) is 24.3 Å². The Morgan fingerprint density at radius 3 is 2.47 bits per heavy atom. The van der Waals surface area contributed by atoms with E-state index >= 15 is 0 Å². The molecule has 1 fully saturated rings. The summed E-state index contributed by atoms with van der Waals surface area (Å²) in [5.74, 6) is 0. The molecule has 1 aliphatic heterocycles. The topological polar surface area (TPSA) is 58.4 Å². The van der Waals surface area contributed by atoms with E-state index in [1.165, 1.54) is 6.42 Å². The summed E-state index contributed by atoms with van der Waals surface area (Å²) in [5.41, 5.74) is 7.80. The first-order valence-electron chi connectivity index (χ1n) is 7.05. The van der Waals surface area contributed by atoms with Crippen LogP contribution in [0.5, 0.6) is 0 Å². The van der Waals surface area contributed by atoms with Crippen LogP contribution in [0.25, 0.3) is 0 Å². The molecule has 1 unspecified atom stereocenters. The van der Waals surface area contributed by atoms with Gasteiger partial charge in [-0.15, -0.1) is 0 Å². The standard InChI is InChI=1S/C15H23N3O/c1-12(14-7-5-13(11-16)6-8-14)17-15(19)18-9-3-2-4-10-18/h5-8,12H,2-4,9-11,16H2,1H3,(H,17,19). The summed E-state index contributed by atoms with van der Waals surface area (Å²) in [6, 6.07) is 8.17. The first kappa shape index (κ1) is 13.9. The van der Waals surface area contributed by atoms with Gasteiger partial charge in [0.15, 0.2) is 0 Å². The fourth-order valence-corrected chi connectivity index (χ4v) is 2.40. The average Bonchev–Trinajstić information content (AvgIpc) is 2.48. The number of nitrogens with two attached hydrogens (primary N) is 1. The summed E-state index contributed by atoms with van der Waals surface area (Å²) >= 11 is 0. The quantitative estimate of drug-likeness (QED) is 0.877. The molecule has 1 aromatic carbocycles. The number of hydrogen-bond donors (Lipinski definition) is 2. The van der Waals surface area contributed by atoms with E-state index in [9.17, 15) is 4.79 Å². The molecule has 0 spiro atoms. The fraction of sp³-hybridized carbons (Fsp3) is 0.533. The molecule has 4 heteroatoms. The predicted molar refractivity (Wildman–Crippen MR) is 76.7 cm³/mol. The van der Waals surface area contributed by atoms with Crippen LogP contribution in [0.1, 0.15) is 43.4 Å². The number of piperidine rings is 1. The van der Waals surface area contributed by atoms with Crippen molar-refractivity contribution in [1.82, 2.24) is 10.2 Å². The SMILES string of the molecule is CC(NC(=O)N1CCCCC1)c1ccc(CN)cc1. The molecule has 0 saturated carbocycles. The molecule has 1 aliphatic rings. The zero-order valence-electron chi connectivity index (χ0n) is 11.6. The highest BCUT2D eigenvalue weighted by molar-refractivity contribution is 5.74. The van der Waals surface area contributed by atoms with E-state index in [0.717, 1.165) is 37.1 Å². The maximum absolute atomic E-state index is 12.1. The molecule has 4 nitrogen and oxygen atoms in total. The van der Waals surface area contributed by atoms with Crippen LogP contribution in [-0.4, -0.2) is 24.0 Å². The van der Waals surface area contributed by atoms with Gasteiger partial charge in [-0.2, -0.15) is 0 Å². The first-order valence-corrected chi connectivity index (χ1v) is 7.05. The molecular formula is C15H23N3O. The molecule has 1 aromatic rings. The van der Waals surface area contributed by atoms with Crippen molar-refractivity contribution in [2.75, 3.05) is 13.1 Å². The van der Waals surface area contributed by atoms with Crippen LogP contribution in [0.2, 0.25) is 0 Å². The van der Waals surface area contributed by atoms with E-state index in [0.29, 0.717) is 6.54 Å². The second-order valence-corrected chi connectivity index (χ2v) is 5.16. The van der Waals surface area contributed by atoms with Gasteiger partial charge in [0.2, 0.25) is 0 Å². The number of nitrogens with one attached hydrogen (secondary N) is 1. The Morgan fingerprint density at radius 1 is 1.26 bits per heavy atom. The lowest BCUT2D eigenvalue weighted by atomic mass is 10.1. The van der Waals surface area contributed by atoms with Crippen molar-refractivity contribution in [3.63, 3.8) is 0 Å². The van der Waals surface area contributed by atoms with Crippen molar-refractivity contribution in [1.29, 1.82) is 0 Å². The Morgan fingerprint density at radius 2 is 1.89 bits per heavy atom. The summed E-state index contributed by atoms with van der Waals surface area (Å²) in [7, 11) is 0. The summed E-state index contributed by atoms with van der Waals surface area (Å²) in [6.45, 7) is 4.32. The van der Waals surface area contributed by atoms with Crippen molar-refractivity contribution in [3.8, 4) is 0 Å². The molecule has 1 saturated heterocycles. The molecule has 19 heavy (non-hydrogen) atoms. The van der Waals surface area contributed by atoms with Gasteiger partial charge in [0.1, 0.15) is 0 Å². The second kappa shape index (κ2) is 6.57. The van der Waals surface area contributed by atoms with Crippen molar-refractivity contribution in [3.05, 3.63) is 35.4 Å². The maximum Gasteiger partial charge on any atom is 0.317 e. The zero-order valence-corrected chi connectivity index (χ0v) is 11.6. The molecule has 0 radical (unpaired) electrons. The highest BCUT2D eigenvalue weighted by atomic mass is 16.2. The largest absolute Gasteiger partial charge is 0.331 e. The Balaban J connectivity index is 1.91. The Kier molecular flexibility index (Phi) is 4.80. The molecule has 0 aromatic heterocycles. The zero-order chi connectivity index (χ0) is 13.7. The summed E-state index contributed by atoms with van der Waals surface area (Å²) < 4.78 is 0. The van der Waals surface area contributed by atoms with E-state index in [1.54, 1.807) is 0 Å². The van der Waals surface area contributed by atoms with Crippen LogP contribution < -0.4 is 11.1 Å². The first-order chi connectivity index (χ1) is 9.20. The van der Waals surface area contributed by atoms with E-state index in [2.05, 4.69) is 5.32 Å². The molecule has 2 rings (SSSR count). The number of rotatable bonds is 3. The van der Waals surface area contributed by atoms with E-state index in [4.69, 9.17) is 5.73 Å². The molecule has 1 atom stereocenters. The lowest BCUT2D eigenvalue weighted by Gasteiger charge is -2.28. The number of carbonyl (C=O) groups excluding carboxylic acids is 1. The summed E-state index contributed by atoms with van der Waals surface area (Å²) in [6.07, 6.45) is 3.47. The third-order valence-corrected chi connectivity index (χ3v) is 3.70. The molecule has 0 aliphatic carbocycles. The van der Waals surface area contributed by atoms with E-state index in [1.807, 2.05) is 36.1 Å². The van der Waals surface area contributed by atoms with Crippen molar-refractivity contribution < 1.29 is 4.79 Å². The normalized spacial score (nSPS) is 17.1. The van der Waals surface area contributed by atoms with Crippen molar-refractivity contribution >= 4 is 6.03 Å². The second-order valence-electron chi connectivity index (χ2n) is 5.16. The molecule has 0 bridgehead atoms. The molecule has 104 valence electrons. The van der Waals surface area contributed by atoms with Gasteiger partial charge in [0.25, 0.3) is 0 Å². The predicted octanol–water partition coefficient (Wildman–Crippen LogP) is 2.40. The third kappa shape index (κ3) is 3.70. The highest BCUT2D eigenvalue weighted by Gasteiger charge is 2.18. The van der Waals surface area contributed by atoms with E-state index < -0.39 is 0 Å². The summed E-state index contributed by atoms with van der Waals surface area (Å²) in [5, 5.41) is 3.06. The minimum Gasteiger partial charge on any atom is -0.331 e. The van der Waals surface area contributed by atoms with Crippen LogP contribution in [0, 0.1) is 0 Å². The number of urea groups is 1. The lowest BCUT2D eigenvalue weighted by molar-refractivity contribution is 0.183. The third-order valence-electron chi connectivity index (χ3n) is 3.70. The van der Waals surface area contributed by atoms with Gasteiger partial charge in [-0.3, -0.25) is 0 Å². The van der Waals surface area contributed by atoms with Gasteiger partial charge >= 0.3 is 6.03 Å². The van der Waals surface area contributed by atoms with Crippen LogP contribution >= 0.6 is 0 Å². The number of likely N-dealkylation sites (tertiary alicyclic amines) is 1. The number of amides is 2. The number of carbonyl (C=O) groups is 1. The molecule has 1 heterocycles. The number of benzene rings is 1. The van der Waals surface area contributed by atoms with Crippen molar-refractivity contribution in [2.24, 2.45) is 5.73 Å². The number of nitrogens with zero attached hydrogens (tertiary/aromatic N) is 1. The minimum atomic E-state index is 0.0289. The van der Waals surface area contributed by atoms with Gasteiger partial charge in [0.05, 0.1) is 6.04 Å².